The van der Waals surface area contributed by atoms with E-state index >= 15 is 0 Å². The lowest BCUT2D eigenvalue weighted by atomic mass is 9.95. The van der Waals surface area contributed by atoms with Gasteiger partial charge in [0.2, 0.25) is 0 Å². The molecule has 0 fully saturated rings. The molecule has 1 atom stereocenters. The number of amides is 1. The lowest BCUT2D eigenvalue weighted by Crippen LogP contribution is -2.30. The molecule has 0 saturated carbocycles. The summed E-state index contributed by atoms with van der Waals surface area (Å²) in [6, 6.07) is 10.1. The first kappa shape index (κ1) is 23.0. The van der Waals surface area contributed by atoms with Crippen LogP contribution in [-0.2, 0) is 0 Å². The number of hydrogen-bond acceptors (Lipinski definition) is 5. The standard InChI is InChI=1S/C25H28ClN3O4/c1-5-10-29-24(15-6-9-19(20(11-15)32-4)33-13-14(2)3)21-22(27-28-23(21)25(29)31)17-12-16(26)7-8-18(17)30/h6-9,11-12,14,24,30H,5,10,13H2,1-4H3,(H,27,28). The fourth-order valence-corrected chi connectivity index (χ4v) is 4.32. The highest BCUT2D eigenvalue weighted by Crippen LogP contribution is 2.46. The molecule has 8 heteroatoms. The number of rotatable bonds is 8. The maximum absolute atomic E-state index is 13.3. The first-order chi connectivity index (χ1) is 15.8. The van der Waals surface area contributed by atoms with Crippen molar-refractivity contribution in [2.24, 2.45) is 5.92 Å². The number of hydrogen-bond donors (Lipinski definition) is 2. The van der Waals surface area contributed by atoms with Crippen LogP contribution >= 0.6 is 11.6 Å². The van der Waals surface area contributed by atoms with Gasteiger partial charge in [-0.1, -0.05) is 38.4 Å². The minimum atomic E-state index is -0.396. The van der Waals surface area contributed by atoms with E-state index in [9.17, 15) is 9.90 Å². The van der Waals surface area contributed by atoms with Crippen molar-refractivity contribution in [2.45, 2.75) is 33.2 Å². The average Bonchev–Trinajstić information content (AvgIpc) is 3.33. The topological polar surface area (TPSA) is 87.7 Å². The van der Waals surface area contributed by atoms with Crippen molar-refractivity contribution in [1.82, 2.24) is 15.1 Å². The number of carbonyl (C=O) groups excluding carboxylic acids is 1. The summed E-state index contributed by atoms with van der Waals surface area (Å²) in [5.41, 5.74) is 2.97. The van der Waals surface area contributed by atoms with Crippen LogP contribution in [0.3, 0.4) is 0 Å². The Morgan fingerprint density at radius 2 is 2.00 bits per heavy atom. The molecule has 1 unspecified atom stereocenters. The number of carbonyl (C=O) groups is 1. The number of phenols is 1. The molecule has 4 rings (SSSR count). The van der Waals surface area contributed by atoms with Crippen LogP contribution in [0.2, 0.25) is 5.02 Å². The van der Waals surface area contributed by atoms with E-state index in [0.717, 1.165) is 12.0 Å². The number of nitrogens with zero attached hydrogens (tertiary/aromatic N) is 2. The highest BCUT2D eigenvalue weighted by Gasteiger charge is 2.42. The van der Waals surface area contributed by atoms with Crippen molar-refractivity contribution >= 4 is 17.5 Å². The molecule has 33 heavy (non-hydrogen) atoms. The van der Waals surface area contributed by atoms with Gasteiger partial charge in [0.05, 0.1) is 19.8 Å². The molecule has 0 spiro atoms. The molecule has 3 aromatic rings. The third-order valence-electron chi connectivity index (χ3n) is 5.62. The first-order valence-electron chi connectivity index (χ1n) is 11.0. The summed E-state index contributed by atoms with van der Waals surface area (Å²) < 4.78 is 11.5. The van der Waals surface area contributed by atoms with Crippen LogP contribution in [0, 0.1) is 5.92 Å². The van der Waals surface area contributed by atoms with Crippen molar-refractivity contribution in [3.63, 3.8) is 0 Å². The average molecular weight is 470 g/mol. The van der Waals surface area contributed by atoms with Gasteiger partial charge in [-0.3, -0.25) is 9.89 Å². The molecule has 1 aliphatic rings. The second-order valence-corrected chi connectivity index (χ2v) is 8.98. The molecule has 1 amide bonds. The van der Waals surface area contributed by atoms with E-state index in [1.165, 1.54) is 6.07 Å². The number of H-pyrrole nitrogens is 1. The quantitative estimate of drug-likeness (QED) is 0.459. The van der Waals surface area contributed by atoms with Gasteiger partial charge < -0.3 is 19.5 Å². The van der Waals surface area contributed by atoms with E-state index < -0.39 is 6.04 Å². The third-order valence-corrected chi connectivity index (χ3v) is 5.85. The number of aromatic amines is 1. The van der Waals surface area contributed by atoms with Crippen LogP contribution in [0.15, 0.2) is 36.4 Å². The van der Waals surface area contributed by atoms with Crippen molar-refractivity contribution in [1.29, 1.82) is 0 Å². The molecule has 174 valence electrons. The smallest absolute Gasteiger partial charge is 0.273 e. The van der Waals surface area contributed by atoms with E-state index in [4.69, 9.17) is 21.1 Å². The van der Waals surface area contributed by atoms with Crippen LogP contribution < -0.4 is 9.47 Å². The molecular formula is C25H28ClN3O4. The molecule has 1 aliphatic heterocycles. The minimum absolute atomic E-state index is 0.0452. The Morgan fingerprint density at radius 3 is 2.70 bits per heavy atom. The zero-order valence-electron chi connectivity index (χ0n) is 19.2. The van der Waals surface area contributed by atoms with Crippen LogP contribution in [0.25, 0.3) is 11.3 Å². The maximum atomic E-state index is 13.3. The normalized spacial score (nSPS) is 15.3. The maximum Gasteiger partial charge on any atom is 0.273 e. The van der Waals surface area contributed by atoms with Crippen LogP contribution in [0.1, 0.15) is 54.8 Å². The fraction of sp³-hybridized carbons (Fsp3) is 0.360. The van der Waals surface area contributed by atoms with Gasteiger partial charge in [-0.25, -0.2) is 0 Å². The van der Waals surface area contributed by atoms with Crippen LogP contribution in [0.5, 0.6) is 17.2 Å². The number of aromatic nitrogens is 2. The largest absolute Gasteiger partial charge is 0.507 e. The van der Waals surface area contributed by atoms with Crippen molar-refractivity contribution in [2.75, 3.05) is 20.3 Å². The second kappa shape index (κ2) is 9.35. The Balaban J connectivity index is 1.84. The molecule has 2 aromatic carbocycles. The second-order valence-electron chi connectivity index (χ2n) is 8.54. The summed E-state index contributed by atoms with van der Waals surface area (Å²) in [5, 5.41) is 18.3. The van der Waals surface area contributed by atoms with Crippen molar-refractivity contribution in [3.8, 4) is 28.5 Å². The Hall–Kier alpha value is -3.19. The molecule has 7 nitrogen and oxygen atoms in total. The van der Waals surface area contributed by atoms with Crippen molar-refractivity contribution in [3.05, 3.63) is 58.2 Å². The number of methoxy groups -OCH3 is 1. The predicted molar refractivity (Wildman–Crippen MR) is 127 cm³/mol. The minimum Gasteiger partial charge on any atom is -0.507 e. The first-order valence-corrected chi connectivity index (χ1v) is 11.4. The van der Waals surface area contributed by atoms with Gasteiger partial charge in [-0.2, -0.15) is 5.10 Å². The van der Waals surface area contributed by atoms with E-state index in [2.05, 4.69) is 24.0 Å². The van der Waals surface area contributed by atoms with Gasteiger partial charge in [0, 0.05) is 22.7 Å². The molecule has 2 heterocycles. The monoisotopic (exact) mass is 469 g/mol. The number of fused-ring (bicyclic) bond motifs is 1. The number of halogens is 1. The summed E-state index contributed by atoms with van der Waals surface area (Å²) in [5.74, 6) is 1.55. The van der Waals surface area contributed by atoms with E-state index in [1.54, 1.807) is 19.2 Å². The molecule has 1 aromatic heterocycles. The van der Waals surface area contributed by atoms with Gasteiger partial charge >= 0.3 is 0 Å². The Kier molecular flexibility index (Phi) is 6.51. The zero-order valence-corrected chi connectivity index (χ0v) is 19.9. The van der Waals surface area contributed by atoms with E-state index in [1.807, 2.05) is 30.0 Å². The number of ether oxygens (including phenoxy) is 2. The lowest BCUT2D eigenvalue weighted by molar-refractivity contribution is 0.0743. The predicted octanol–water partition coefficient (Wildman–Crippen LogP) is 5.43. The number of aromatic hydroxyl groups is 1. The van der Waals surface area contributed by atoms with E-state index in [-0.39, 0.29) is 11.7 Å². The molecular weight excluding hydrogens is 442 g/mol. The van der Waals surface area contributed by atoms with Crippen LogP contribution in [-0.4, -0.2) is 46.4 Å². The Labute approximate surface area is 198 Å². The van der Waals surface area contributed by atoms with Gasteiger partial charge in [0.1, 0.15) is 17.1 Å². The number of nitrogens with one attached hydrogen (secondary N) is 1. The summed E-state index contributed by atoms with van der Waals surface area (Å²) in [7, 11) is 1.60. The van der Waals surface area contributed by atoms with Gasteiger partial charge in [-0.05, 0) is 48.2 Å². The number of phenolic OH excluding ortho intramolecular Hbond substituents is 1. The van der Waals surface area contributed by atoms with E-state index in [0.29, 0.717) is 58.1 Å². The fourth-order valence-electron chi connectivity index (χ4n) is 4.15. The highest BCUT2D eigenvalue weighted by molar-refractivity contribution is 6.31. The lowest BCUT2D eigenvalue weighted by Gasteiger charge is -2.26. The molecule has 0 aliphatic carbocycles. The SMILES string of the molecule is CCCN1C(=O)c2[nH]nc(-c3cc(Cl)ccc3O)c2C1c1ccc(OCC(C)C)c(OC)c1. The summed E-state index contributed by atoms with van der Waals surface area (Å²) in [6.07, 6.45) is 0.796. The third kappa shape index (κ3) is 4.25. The summed E-state index contributed by atoms with van der Waals surface area (Å²) >= 11 is 6.20. The van der Waals surface area contributed by atoms with Gasteiger partial charge in [0.15, 0.2) is 11.5 Å². The molecule has 0 radical (unpaired) electrons. The van der Waals surface area contributed by atoms with Crippen LogP contribution in [0.4, 0.5) is 0 Å². The summed E-state index contributed by atoms with van der Waals surface area (Å²) in [6.45, 7) is 7.34. The summed E-state index contributed by atoms with van der Waals surface area (Å²) in [4.78, 5) is 15.1. The van der Waals surface area contributed by atoms with Gasteiger partial charge in [0.25, 0.3) is 5.91 Å². The Morgan fingerprint density at radius 1 is 1.21 bits per heavy atom. The zero-order chi connectivity index (χ0) is 23.7. The molecule has 0 saturated heterocycles. The highest BCUT2D eigenvalue weighted by atomic mass is 35.5. The Bertz CT molecular complexity index is 1170. The number of benzene rings is 2. The van der Waals surface area contributed by atoms with Crippen molar-refractivity contribution < 1.29 is 19.4 Å². The van der Waals surface area contributed by atoms with Gasteiger partial charge in [-0.15, -0.1) is 0 Å². The molecule has 0 bridgehead atoms. The molecule has 2 N–H and O–H groups in total.